The highest BCUT2D eigenvalue weighted by atomic mass is 19.1. The van der Waals surface area contributed by atoms with E-state index in [1.54, 1.807) is 0 Å². The van der Waals surface area contributed by atoms with Gasteiger partial charge in [-0.15, -0.1) is 0 Å². The lowest BCUT2D eigenvalue weighted by Crippen LogP contribution is -2.36. The molecule has 0 aliphatic carbocycles. The Kier molecular flexibility index (Phi) is 3.99. The minimum absolute atomic E-state index is 0.104. The van der Waals surface area contributed by atoms with Gasteiger partial charge >= 0.3 is 0 Å². The fourth-order valence-corrected chi connectivity index (χ4v) is 2.08. The summed E-state index contributed by atoms with van der Waals surface area (Å²) in [6, 6.07) is 1.68. The Morgan fingerprint density at radius 3 is 2.89 bits per heavy atom. The van der Waals surface area contributed by atoms with Gasteiger partial charge in [0.05, 0.1) is 17.4 Å². The second-order valence-electron chi connectivity index (χ2n) is 4.64. The van der Waals surface area contributed by atoms with Crippen molar-refractivity contribution in [3.63, 3.8) is 0 Å². The molecule has 1 aliphatic heterocycles. The van der Waals surface area contributed by atoms with Crippen LogP contribution in [0.15, 0.2) is 12.1 Å². The van der Waals surface area contributed by atoms with Crippen LogP contribution in [0.5, 0.6) is 0 Å². The Hall–Kier alpha value is -1.69. The van der Waals surface area contributed by atoms with Crippen molar-refractivity contribution in [2.24, 2.45) is 0 Å². The lowest BCUT2D eigenvalue weighted by atomic mass is 10.1. The summed E-state index contributed by atoms with van der Waals surface area (Å²) in [5.74, 6) is -2.24. The maximum atomic E-state index is 13.7. The van der Waals surface area contributed by atoms with Crippen molar-refractivity contribution in [1.29, 1.82) is 0 Å². The van der Waals surface area contributed by atoms with Crippen LogP contribution in [0.1, 0.15) is 23.7 Å². The van der Waals surface area contributed by atoms with E-state index in [1.807, 2.05) is 6.92 Å². The van der Waals surface area contributed by atoms with E-state index in [1.165, 1.54) is 4.90 Å². The molecule has 0 spiro atoms. The molecule has 6 heteroatoms. The number of ether oxygens (including phenoxy) is 1. The monoisotopic (exact) mass is 270 g/mol. The number of amides is 1. The summed E-state index contributed by atoms with van der Waals surface area (Å²) >= 11 is 0. The lowest BCUT2D eigenvalue weighted by molar-refractivity contribution is 0.0560. The quantitative estimate of drug-likeness (QED) is 0.792. The summed E-state index contributed by atoms with van der Waals surface area (Å²) in [6.07, 6.45) is 0.585. The summed E-state index contributed by atoms with van der Waals surface area (Å²) < 4.78 is 32.2. The van der Waals surface area contributed by atoms with E-state index >= 15 is 0 Å². The molecule has 0 radical (unpaired) electrons. The first-order valence-corrected chi connectivity index (χ1v) is 6.14. The molecule has 1 saturated heterocycles. The minimum atomic E-state index is -0.894. The van der Waals surface area contributed by atoms with E-state index in [4.69, 9.17) is 10.5 Å². The summed E-state index contributed by atoms with van der Waals surface area (Å²) in [4.78, 5) is 13.7. The smallest absolute Gasteiger partial charge is 0.256 e. The van der Waals surface area contributed by atoms with Crippen LogP contribution in [0, 0.1) is 11.6 Å². The zero-order valence-corrected chi connectivity index (χ0v) is 10.7. The van der Waals surface area contributed by atoms with Gasteiger partial charge < -0.3 is 15.4 Å². The molecular formula is C13H16F2N2O2. The molecule has 4 nitrogen and oxygen atoms in total. The van der Waals surface area contributed by atoms with Gasteiger partial charge in [0.2, 0.25) is 0 Å². The van der Waals surface area contributed by atoms with Crippen molar-refractivity contribution < 1.29 is 18.3 Å². The van der Waals surface area contributed by atoms with E-state index < -0.39 is 17.5 Å². The van der Waals surface area contributed by atoms with Gasteiger partial charge in [0, 0.05) is 25.8 Å². The molecule has 2 rings (SSSR count). The molecule has 0 saturated carbocycles. The van der Waals surface area contributed by atoms with Gasteiger partial charge in [-0.05, 0) is 19.4 Å². The molecule has 1 aromatic carbocycles. The zero-order chi connectivity index (χ0) is 14.0. The van der Waals surface area contributed by atoms with E-state index in [-0.39, 0.29) is 17.4 Å². The number of nitrogens with two attached hydrogens (primary N) is 1. The second-order valence-corrected chi connectivity index (χ2v) is 4.64. The molecular weight excluding hydrogens is 254 g/mol. The Bertz CT molecular complexity index is 494. The number of carbonyl (C=O) groups is 1. The summed E-state index contributed by atoms with van der Waals surface area (Å²) in [5, 5.41) is 0. The Morgan fingerprint density at radius 1 is 1.42 bits per heavy atom. The molecule has 1 aromatic rings. The molecule has 0 aromatic heterocycles. The van der Waals surface area contributed by atoms with Crippen LogP contribution < -0.4 is 5.73 Å². The highest BCUT2D eigenvalue weighted by molar-refractivity contribution is 5.95. The van der Waals surface area contributed by atoms with Gasteiger partial charge in [-0.25, -0.2) is 8.78 Å². The van der Waals surface area contributed by atoms with E-state index in [9.17, 15) is 13.6 Å². The number of nitrogen functional groups attached to an aromatic ring is 1. The zero-order valence-electron chi connectivity index (χ0n) is 10.7. The summed E-state index contributed by atoms with van der Waals surface area (Å²) in [6.45, 7) is 3.29. The van der Waals surface area contributed by atoms with Crippen molar-refractivity contribution in [2.75, 3.05) is 25.4 Å². The number of halogens is 2. The molecule has 0 bridgehead atoms. The molecule has 19 heavy (non-hydrogen) atoms. The van der Waals surface area contributed by atoms with Crippen molar-refractivity contribution in [2.45, 2.75) is 19.4 Å². The minimum Gasteiger partial charge on any atom is -0.396 e. The van der Waals surface area contributed by atoms with Crippen LogP contribution >= 0.6 is 0 Å². The third-order valence-corrected chi connectivity index (χ3v) is 3.06. The highest BCUT2D eigenvalue weighted by Gasteiger charge is 2.24. The second kappa shape index (κ2) is 5.52. The van der Waals surface area contributed by atoms with Crippen molar-refractivity contribution in [1.82, 2.24) is 4.90 Å². The molecule has 1 unspecified atom stereocenters. The number of benzene rings is 1. The molecule has 104 valence electrons. The van der Waals surface area contributed by atoms with Gasteiger partial charge in [-0.3, -0.25) is 4.79 Å². The number of rotatable bonds is 1. The molecule has 1 aliphatic rings. The predicted molar refractivity (Wildman–Crippen MR) is 66.7 cm³/mol. The molecule has 1 heterocycles. The van der Waals surface area contributed by atoms with Crippen molar-refractivity contribution in [3.8, 4) is 0 Å². The number of hydrogen-bond acceptors (Lipinski definition) is 3. The van der Waals surface area contributed by atoms with Crippen molar-refractivity contribution in [3.05, 3.63) is 29.3 Å². The average Bonchev–Trinajstić information content (AvgIpc) is 2.58. The fraction of sp³-hybridized carbons (Fsp3) is 0.462. The van der Waals surface area contributed by atoms with Crippen LogP contribution in [-0.2, 0) is 4.74 Å². The van der Waals surface area contributed by atoms with Gasteiger partial charge in [-0.1, -0.05) is 0 Å². The third kappa shape index (κ3) is 3.01. The normalized spacial score (nSPS) is 20.2. The first-order valence-electron chi connectivity index (χ1n) is 6.14. The van der Waals surface area contributed by atoms with Crippen molar-refractivity contribution >= 4 is 11.6 Å². The molecule has 2 N–H and O–H groups in total. The number of hydrogen-bond donors (Lipinski definition) is 1. The predicted octanol–water partition coefficient (Wildman–Crippen LogP) is 1.80. The molecule has 1 atom stereocenters. The van der Waals surface area contributed by atoms with E-state index in [2.05, 4.69) is 0 Å². The van der Waals surface area contributed by atoms with Crippen LogP contribution in [0.25, 0.3) is 0 Å². The maximum Gasteiger partial charge on any atom is 0.256 e. The SMILES string of the molecule is CC1CN(C(=O)c2cc(N)c(F)cc2F)CCCO1. The third-order valence-electron chi connectivity index (χ3n) is 3.06. The van der Waals surface area contributed by atoms with Gasteiger partial charge in [-0.2, -0.15) is 0 Å². The number of nitrogens with zero attached hydrogens (tertiary/aromatic N) is 1. The van der Waals surface area contributed by atoms with Crippen LogP contribution in [-0.4, -0.2) is 36.6 Å². The fourth-order valence-electron chi connectivity index (χ4n) is 2.08. The van der Waals surface area contributed by atoms with E-state index in [0.29, 0.717) is 32.2 Å². The lowest BCUT2D eigenvalue weighted by Gasteiger charge is -2.22. The Labute approximate surface area is 110 Å². The first-order chi connectivity index (χ1) is 8.99. The van der Waals surface area contributed by atoms with Crippen LogP contribution in [0.2, 0.25) is 0 Å². The van der Waals surface area contributed by atoms with Gasteiger partial charge in [0.1, 0.15) is 11.6 Å². The highest BCUT2D eigenvalue weighted by Crippen LogP contribution is 2.19. The summed E-state index contributed by atoms with van der Waals surface area (Å²) in [7, 11) is 0. The average molecular weight is 270 g/mol. The Morgan fingerprint density at radius 2 is 2.16 bits per heavy atom. The van der Waals surface area contributed by atoms with Crippen LogP contribution in [0.4, 0.5) is 14.5 Å². The maximum absolute atomic E-state index is 13.7. The van der Waals surface area contributed by atoms with Crippen LogP contribution in [0.3, 0.4) is 0 Å². The largest absolute Gasteiger partial charge is 0.396 e. The summed E-state index contributed by atoms with van der Waals surface area (Å²) in [5.41, 5.74) is 4.94. The number of carbonyl (C=O) groups excluding carboxylic acids is 1. The van der Waals surface area contributed by atoms with E-state index in [0.717, 1.165) is 6.07 Å². The number of anilines is 1. The standard InChI is InChI=1S/C13H16F2N2O2/c1-8-7-17(3-2-4-19-8)13(18)9-5-12(16)11(15)6-10(9)14/h5-6,8H,2-4,7,16H2,1H3. The van der Waals surface area contributed by atoms with Gasteiger partial charge in [0.15, 0.2) is 0 Å². The first kappa shape index (κ1) is 13.7. The molecule has 1 fully saturated rings. The van der Waals surface area contributed by atoms with Gasteiger partial charge in [0.25, 0.3) is 5.91 Å². The molecule has 1 amide bonds. The Balaban J connectivity index is 2.25. The topological polar surface area (TPSA) is 55.6 Å².